The van der Waals surface area contributed by atoms with Gasteiger partial charge in [0.05, 0.1) is 5.52 Å². The summed E-state index contributed by atoms with van der Waals surface area (Å²) in [4.78, 5) is 8.84. The van der Waals surface area contributed by atoms with Gasteiger partial charge in [-0.25, -0.2) is 9.97 Å². The van der Waals surface area contributed by atoms with Crippen molar-refractivity contribution >= 4 is 11.0 Å². The molecule has 96 valence electrons. The third-order valence-electron chi connectivity index (χ3n) is 3.03. The number of aryl methyl sites for hydroxylation is 1. The molecule has 0 aliphatic heterocycles. The normalized spacial score (nSPS) is 11.0. The van der Waals surface area contributed by atoms with Crippen LogP contribution in [0.15, 0.2) is 36.5 Å². The molecule has 0 atom stereocenters. The fourth-order valence-corrected chi connectivity index (χ4v) is 2.00. The maximum atomic E-state index is 4.55. The summed E-state index contributed by atoms with van der Waals surface area (Å²) < 4.78 is 1.69. The molecular weight excluding hydrogens is 238 g/mol. The second kappa shape index (κ2) is 5.14. The van der Waals surface area contributed by atoms with Crippen LogP contribution in [0.4, 0.5) is 0 Å². The maximum absolute atomic E-state index is 4.55. The number of benzene rings is 1. The van der Waals surface area contributed by atoms with Crippen molar-refractivity contribution in [3.05, 3.63) is 42.2 Å². The lowest BCUT2D eigenvalue weighted by molar-refractivity contribution is 0.737. The van der Waals surface area contributed by atoms with Gasteiger partial charge in [0.2, 0.25) is 0 Å². The summed E-state index contributed by atoms with van der Waals surface area (Å²) in [6, 6.07) is 9.76. The van der Waals surface area contributed by atoms with Crippen LogP contribution < -0.4 is 0 Å². The lowest BCUT2D eigenvalue weighted by Gasteiger charge is -2.03. The van der Waals surface area contributed by atoms with Crippen LogP contribution in [0.3, 0.4) is 0 Å². The van der Waals surface area contributed by atoms with Crippen molar-refractivity contribution in [1.82, 2.24) is 25.0 Å². The zero-order chi connectivity index (χ0) is 13.1. The number of nitrogens with zero attached hydrogens (tertiary/aromatic N) is 5. The quantitative estimate of drug-likeness (QED) is 0.717. The zero-order valence-electron chi connectivity index (χ0n) is 10.8. The van der Waals surface area contributed by atoms with E-state index in [1.54, 1.807) is 10.9 Å². The number of aromatic nitrogens is 5. The average Bonchev–Trinajstić information content (AvgIpc) is 2.89. The fourth-order valence-electron chi connectivity index (χ4n) is 2.00. The molecule has 0 saturated heterocycles. The number of rotatable bonds is 4. The first-order valence-corrected chi connectivity index (χ1v) is 6.51. The van der Waals surface area contributed by atoms with Gasteiger partial charge in [-0.05, 0) is 31.0 Å². The molecule has 19 heavy (non-hydrogen) atoms. The number of unbranched alkanes of at least 4 members (excludes halogenated alkanes) is 1. The van der Waals surface area contributed by atoms with Crippen LogP contribution in [0.2, 0.25) is 0 Å². The molecule has 2 aromatic heterocycles. The summed E-state index contributed by atoms with van der Waals surface area (Å²) in [6.45, 7) is 2.17. The Hall–Kier alpha value is -2.30. The van der Waals surface area contributed by atoms with Gasteiger partial charge in [-0.3, -0.25) is 0 Å². The number of hydrogen-bond acceptors (Lipinski definition) is 4. The Morgan fingerprint density at radius 2 is 2.05 bits per heavy atom. The Bertz CT molecular complexity index is 689. The third kappa shape index (κ3) is 2.31. The van der Waals surface area contributed by atoms with E-state index in [0.717, 1.165) is 36.0 Å². The summed E-state index contributed by atoms with van der Waals surface area (Å²) in [6.07, 6.45) is 5.04. The largest absolute Gasteiger partial charge is 0.252 e. The van der Waals surface area contributed by atoms with Crippen LogP contribution >= 0.6 is 0 Å². The summed E-state index contributed by atoms with van der Waals surface area (Å²) in [5.74, 6) is 0.585. The highest BCUT2D eigenvalue weighted by molar-refractivity contribution is 5.75. The van der Waals surface area contributed by atoms with Crippen LogP contribution in [-0.2, 0) is 6.42 Å². The highest BCUT2D eigenvalue weighted by atomic mass is 15.5. The smallest absolute Gasteiger partial charge is 0.220 e. The van der Waals surface area contributed by atoms with E-state index in [-0.39, 0.29) is 0 Å². The van der Waals surface area contributed by atoms with Gasteiger partial charge in [-0.1, -0.05) is 30.7 Å². The molecule has 0 fully saturated rings. The topological polar surface area (TPSA) is 56.5 Å². The average molecular weight is 253 g/mol. The van der Waals surface area contributed by atoms with E-state index in [2.05, 4.69) is 27.2 Å². The molecule has 0 radical (unpaired) electrons. The number of hydrogen-bond donors (Lipinski definition) is 0. The first-order chi connectivity index (χ1) is 9.38. The molecule has 1 aromatic carbocycles. The summed E-state index contributed by atoms with van der Waals surface area (Å²) >= 11 is 0. The lowest BCUT2D eigenvalue weighted by atomic mass is 10.2. The number of para-hydroxylation sites is 1. The van der Waals surface area contributed by atoms with E-state index in [1.807, 2.05) is 30.3 Å². The van der Waals surface area contributed by atoms with E-state index in [0.29, 0.717) is 5.95 Å². The molecule has 0 bridgehead atoms. The van der Waals surface area contributed by atoms with Crippen molar-refractivity contribution < 1.29 is 0 Å². The Balaban J connectivity index is 2.01. The molecule has 5 heteroatoms. The maximum Gasteiger partial charge on any atom is 0.252 e. The second-order valence-electron chi connectivity index (χ2n) is 4.44. The number of fused-ring (bicyclic) bond motifs is 1. The van der Waals surface area contributed by atoms with E-state index in [1.165, 1.54) is 0 Å². The van der Waals surface area contributed by atoms with Gasteiger partial charge >= 0.3 is 0 Å². The van der Waals surface area contributed by atoms with Gasteiger partial charge in [0.25, 0.3) is 5.95 Å². The molecular formula is C14H15N5. The lowest BCUT2D eigenvalue weighted by Crippen LogP contribution is -2.05. The predicted molar refractivity (Wildman–Crippen MR) is 73.1 cm³/mol. The molecule has 5 nitrogen and oxygen atoms in total. The molecule has 2 heterocycles. The summed E-state index contributed by atoms with van der Waals surface area (Å²) in [5, 5.41) is 8.25. The highest BCUT2D eigenvalue weighted by Gasteiger charge is 2.08. The molecule has 0 amide bonds. The minimum Gasteiger partial charge on any atom is -0.220 e. The molecule has 3 aromatic rings. The molecule has 0 N–H and O–H groups in total. The van der Waals surface area contributed by atoms with Gasteiger partial charge in [0, 0.05) is 11.9 Å². The van der Waals surface area contributed by atoms with Crippen LogP contribution in [-0.4, -0.2) is 25.0 Å². The Labute approximate surface area is 111 Å². The van der Waals surface area contributed by atoms with Gasteiger partial charge in [0.1, 0.15) is 5.52 Å². The Morgan fingerprint density at radius 3 is 2.95 bits per heavy atom. The van der Waals surface area contributed by atoms with Crippen molar-refractivity contribution in [2.45, 2.75) is 26.2 Å². The Morgan fingerprint density at radius 1 is 1.16 bits per heavy atom. The van der Waals surface area contributed by atoms with E-state index in [9.17, 15) is 0 Å². The predicted octanol–water partition coefficient (Wildman–Crippen LogP) is 2.55. The molecule has 0 unspecified atom stereocenters. The van der Waals surface area contributed by atoms with Crippen molar-refractivity contribution in [2.75, 3.05) is 0 Å². The second-order valence-corrected chi connectivity index (χ2v) is 4.44. The van der Waals surface area contributed by atoms with Gasteiger partial charge in [-0.2, -0.15) is 4.68 Å². The van der Waals surface area contributed by atoms with Crippen LogP contribution in [0.1, 0.15) is 25.5 Å². The van der Waals surface area contributed by atoms with Crippen LogP contribution in [0, 0.1) is 0 Å². The third-order valence-corrected chi connectivity index (χ3v) is 3.03. The first kappa shape index (κ1) is 11.8. The van der Waals surface area contributed by atoms with Gasteiger partial charge in [0.15, 0.2) is 0 Å². The van der Waals surface area contributed by atoms with E-state index >= 15 is 0 Å². The van der Waals surface area contributed by atoms with E-state index in [4.69, 9.17) is 0 Å². The highest BCUT2D eigenvalue weighted by Crippen LogP contribution is 2.13. The van der Waals surface area contributed by atoms with Crippen molar-refractivity contribution in [2.24, 2.45) is 0 Å². The monoisotopic (exact) mass is 253 g/mol. The standard InChI is InChI=1S/C14H15N5/c1-2-3-6-11-9-10-15-14(16-11)19-13-8-5-4-7-12(13)17-18-19/h4-5,7-10H,2-3,6H2,1H3. The minimum absolute atomic E-state index is 0.585. The molecule has 3 rings (SSSR count). The minimum atomic E-state index is 0.585. The van der Waals surface area contributed by atoms with Gasteiger partial charge in [-0.15, -0.1) is 5.10 Å². The zero-order valence-corrected chi connectivity index (χ0v) is 10.8. The molecule has 0 saturated carbocycles. The summed E-state index contributed by atoms with van der Waals surface area (Å²) in [5.41, 5.74) is 2.83. The van der Waals surface area contributed by atoms with Crippen molar-refractivity contribution in [3.8, 4) is 5.95 Å². The van der Waals surface area contributed by atoms with Crippen molar-refractivity contribution in [1.29, 1.82) is 0 Å². The van der Waals surface area contributed by atoms with Gasteiger partial charge < -0.3 is 0 Å². The van der Waals surface area contributed by atoms with Crippen LogP contribution in [0.25, 0.3) is 17.0 Å². The molecule has 0 spiro atoms. The van der Waals surface area contributed by atoms with Crippen LogP contribution in [0.5, 0.6) is 0 Å². The fraction of sp³-hybridized carbons (Fsp3) is 0.286. The first-order valence-electron chi connectivity index (χ1n) is 6.51. The SMILES string of the molecule is CCCCc1ccnc(-n2nnc3ccccc32)n1. The van der Waals surface area contributed by atoms with E-state index < -0.39 is 0 Å². The molecule has 0 aliphatic rings. The Kier molecular flexibility index (Phi) is 3.18. The summed E-state index contributed by atoms with van der Waals surface area (Å²) in [7, 11) is 0. The molecule has 0 aliphatic carbocycles. The van der Waals surface area contributed by atoms with Crippen molar-refractivity contribution in [3.63, 3.8) is 0 Å².